The number of benzene rings is 1. The smallest absolute Gasteiger partial charge is 0.149 e. The summed E-state index contributed by atoms with van der Waals surface area (Å²) in [6, 6.07) is 10.3. The summed E-state index contributed by atoms with van der Waals surface area (Å²) in [5, 5.41) is 15.2. The Labute approximate surface area is 288 Å². The van der Waals surface area contributed by atoms with Crippen molar-refractivity contribution in [2.45, 2.75) is 95.9 Å². The van der Waals surface area contributed by atoms with E-state index in [0.29, 0.717) is 44.6 Å². The number of fused-ring (bicyclic) bond motifs is 1. The molecule has 0 radical (unpaired) electrons. The number of ether oxygens (including phenoxy) is 2. The van der Waals surface area contributed by atoms with Crippen LogP contribution in [0.15, 0.2) is 49.2 Å². The van der Waals surface area contributed by atoms with Gasteiger partial charge in [0.2, 0.25) is 0 Å². The van der Waals surface area contributed by atoms with E-state index in [-0.39, 0.29) is 24.8 Å². The van der Waals surface area contributed by atoms with Crippen LogP contribution in [0.5, 0.6) is 5.75 Å². The molecule has 4 atom stereocenters. The third-order valence-electron chi connectivity index (χ3n) is 9.69. The molecular formula is C36H48F2N8O2Si. The predicted molar refractivity (Wildman–Crippen MR) is 188 cm³/mol. The zero-order valence-corrected chi connectivity index (χ0v) is 30.1. The molecule has 3 unspecified atom stereocenters. The van der Waals surface area contributed by atoms with Crippen molar-refractivity contribution < 1.29 is 18.3 Å². The Hall–Kier alpha value is -3.70. The molecule has 10 nitrogen and oxygen atoms in total. The van der Waals surface area contributed by atoms with Crippen LogP contribution >= 0.6 is 0 Å². The van der Waals surface area contributed by atoms with E-state index in [1.54, 1.807) is 23.3 Å². The van der Waals surface area contributed by atoms with Crippen molar-refractivity contribution in [2.75, 3.05) is 32.8 Å². The molecule has 2 fully saturated rings. The molecular weight excluding hydrogens is 643 g/mol. The number of rotatable bonds is 14. The van der Waals surface area contributed by atoms with E-state index in [1.165, 1.54) is 6.07 Å². The van der Waals surface area contributed by atoms with Crippen molar-refractivity contribution in [1.82, 2.24) is 34.1 Å². The number of nitrogens with zero attached hydrogens (tertiary/aromatic N) is 8. The summed E-state index contributed by atoms with van der Waals surface area (Å²) in [4.78, 5) is 13.4. The second-order valence-corrected chi connectivity index (χ2v) is 20.4. The average molecular weight is 691 g/mol. The Kier molecular flexibility index (Phi) is 11.1. The number of likely N-dealkylation sites (tertiary alicyclic amines) is 2. The highest BCUT2D eigenvalue weighted by Gasteiger charge is 2.33. The second kappa shape index (κ2) is 15.5. The molecule has 0 spiro atoms. The van der Waals surface area contributed by atoms with Crippen molar-refractivity contribution in [1.29, 1.82) is 5.26 Å². The molecule has 0 bridgehead atoms. The maximum Gasteiger partial charge on any atom is 0.149 e. The minimum absolute atomic E-state index is 0.161. The molecule has 262 valence electrons. The summed E-state index contributed by atoms with van der Waals surface area (Å²) < 4.78 is 45.8. The van der Waals surface area contributed by atoms with Crippen molar-refractivity contribution in [3.05, 3.63) is 60.6 Å². The van der Waals surface area contributed by atoms with Crippen molar-refractivity contribution in [3.8, 4) is 23.1 Å². The van der Waals surface area contributed by atoms with Crippen LogP contribution in [0, 0.1) is 17.1 Å². The highest BCUT2D eigenvalue weighted by Crippen LogP contribution is 2.29. The van der Waals surface area contributed by atoms with E-state index < -0.39 is 20.3 Å². The largest absolute Gasteiger partial charge is 0.487 e. The topological polar surface area (TPSA) is 97.3 Å². The maximum atomic E-state index is 15.5. The highest BCUT2D eigenvalue weighted by molar-refractivity contribution is 6.76. The predicted octanol–water partition coefficient (Wildman–Crippen LogP) is 6.68. The van der Waals surface area contributed by atoms with Crippen LogP contribution in [-0.2, 0) is 18.0 Å². The lowest BCUT2D eigenvalue weighted by Crippen LogP contribution is -2.48. The van der Waals surface area contributed by atoms with E-state index in [9.17, 15) is 9.65 Å². The molecule has 0 N–H and O–H groups in total. The van der Waals surface area contributed by atoms with Gasteiger partial charge in [-0.2, -0.15) is 10.4 Å². The van der Waals surface area contributed by atoms with Gasteiger partial charge in [-0.3, -0.25) is 14.5 Å². The van der Waals surface area contributed by atoms with Crippen LogP contribution in [0.4, 0.5) is 8.78 Å². The van der Waals surface area contributed by atoms with E-state index in [1.807, 2.05) is 34.0 Å². The first kappa shape index (κ1) is 35.1. The zero-order valence-electron chi connectivity index (χ0n) is 29.1. The molecule has 2 aliphatic rings. The van der Waals surface area contributed by atoms with Gasteiger partial charge in [0.25, 0.3) is 0 Å². The molecule has 0 aliphatic carbocycles. The van der Waals surface area contributed by atoms with Gasteiger partial charge in [-0.15, -0.1) is 0 Å². The Morgan fingerprint density at radius 2 is 2.00 bits per heavy atom. The number of alkyl halides is 1. The van der Waals surface area contributed by atoms with E-state index in [0.717, 1.165) is 59.9 Å². The average Bonchev–Trinajstić information content (AvgIpc) is 3.80. The highest BCUT2D eigenvalue weighted by atomic mass is 28.3. The number of halogens is 2. The van der Waals surface area contributed by atoms with Gasteiger partial charge in [-0.25, -0.2) is 18.7 Å². The number of aromatic nitrogens is 5. The fourth-order valence-electron chi connectivity index (χ4n) is 6.85. The molecule has 49 heavy (non-hydrogen) atoms. The quantitative estimate of drug-likeness (QED) is 0.107. The number of nitriles is 1. The standard InChI is InChI=1S/C36H48F2N8O2Si/c1-26-6-5-11-44(26)20-27-16-29(37)18-31(17-27)48-34-9-12-43(23-33(34)38)22-30(7-10-39)46-21-28(19-42-46)35-32-8-13-45(36(32)41-24-40-35)25-47-14-15-49(2,3)4/h8,13,16-19,21,24,26,30,33-34H,5-7,9,11-12,14-15,20,22-23,25H2,1-4H3/t26-,30?,33?,34?/m0/s1. The lowest BCUT2D eigenvalue weighted by molar-refractivity contribution is 0.0167. The summed E-state index contributed by atoms with van der Waals surface area (Å²) >= 11 is 0. The molecule has 2 saturated heterocycles. The van der Waals surface area contributed by atoms with Gasteiger partial charge >= 0.3 is 0 Å². The summed E-state index contributed by atoms with van der Waals surface area (Å²) in [6.07, 6.45) is 8.21. The molecule has 5 heterocycles. The van der Waals surface area contributed by atoms with Crippen molar-refractivity contribution in [3.63, 3.8) is 0 Å². The molecule has 0 amide bonds. The summed E-state index contributed by atoms with van der Waals surface area (Å²) in [5.41, 5.74) is 3.20. The Balaban J connectivity index is 1.07. The van der Waals surface area contributed by atoms with E-state index in [4.69, 9.17) is 9.47 Å². The summed E-state index contributed by atoms with van der Waals surface area (Å²) in [7, 11) is -1.17. The molecule has 3 aromatic heterocycles. The van der Waals surface area contributed by atoms with Crippen molar-refractivity contribution in [2.24, 2.45) is 0 Å². The van der Waals surface area contributed by atoms with Gasteiger partial charge in [0.15, 0.2) is 0 Å². The van der Waals surface area contributed by atoms with Gasteiger partial charge in [-0.1, -0.05) is 19.6 Å². The summed E-state index contributed by atoms with van der Waals surface area (Å²) in [5.74, 6) is 0.00498. The molecule has 4 aromatic rings. The van der Waals surface area contributed by atoms with Crippen LogP contribution in [-0.4, -0.2) is 93.3 Å². The Morgan fingerprint density at radius 3 is 2.76 bits per heavy atom. The SMILES string of the molecule is C[C@H]1CCCN1Cc1cc(F)cc(OC2CCN(CC(CC#N)n3cc(-c4ncnc5c4ccn5COCC[Si](C)(C)C)cn3)CC2F)c1. The minimum atomic E-state index is -1.26. The summed E-state index contributed by atoms with van der Waals surface area (Å²) in [6.45, 7) is 13.2. The van der Waals surface area contributed by atoms with E-state index in [2.05, 4.69) is 52.6 Å². The van der Waals surface area contributed by atoms with E-state index >= 15 is 4.39 Å². The number of piperidine rings is 1. The Bertz CT molecular complexity index is 1750. The third-order valence-corrected chi connectivity index (χ3v) is 11.4. The molecule has 6 rings (SSSR count). The second-order valence-electron chi connectivity index (χ2n) is 14.8. The van der Waals surface area contributed by atoms with Crippen LogP contribution in [0.25, 0.3) is 22.3 Å². The monoisotopic (exact) mass is 690 g/mol. The molecule has 2 aliphatic heterocycles. The maximum absolute atomic E-state index is 15.5. The van der Waals surface area contributed by atoms with Crippen molar-refractivity contribution >= 4 is 19.1 Å². The van der Waals surface area contributed by atoms with Gasteiger partial charge in [-0.05, 0) is 62.5 Å². The van der Waals surface area contributed by atoms with Gasteiger partial charge in [0, 0.05) is 76.3 Å². The van der Waals surface area contributed by atoms with Gasteiger partial charge in [0.05, 0.1) is 30.4 Å². The van der Waals surface area contributed by atoms with Crippen LogP contribution in [0.3, 0.4) is 0 Å². The van der Waals surface area contributed by atoms with Crippen LogP contribution in [0.2, 0.25) is 25.7 Å². The fourth-order valence-corrected chi connectivity index (χ4v) is 7.60. The lowest BCUT2D eigenvalue weighted by Gasteiger charge is -2.36. The normalized spacial score (nSPS) is 21.3. The molecule has 1 aromatic carbocycles. The zero-order chi connectivity index (χ0) is 34.5. The van der Waals surface area contributed by atoms with Crippen LogP contribution in [0.1, 0.15) is 44.2 Å². The Morgan fingerprint density at radius 1 is 1.14 bits per heavy atom. The van der Waals surface area contributed by atoms with Gasteiger partial charge in [0.1, 0.15) is 42.5 Å². The molecule has 13 heteroatoms. The number of hydrogen-bond donors (Lipinski definition) is 0. The third kappa shape index (κ3) is 8.91. The number of hydrogen-bond acceptors (Lipinski definition) is 8. The first-order chi connectivity index (χ1) is 23.6. The van der Waals surface area contributed by atoms with Gasteiger partial charge < -0.3 is 14.0 Å². The fraction of sp³-hybridized carbons (Fsp3) is 0.556. The minimum Gasteiger partial charge on any atom is -0.487 e. The first-order valence-corrected chi connectivity index (χ1v) is 21.1. The van der Waals surface area contributed by atoms with Crippen LogP contribution < -0.4 is 4.74 Å². The molecule has 0 saturated carbocycles. The lowest BCUT2D eigenvalue weighted by atomic mass is 10.0. The first-order valence-electron chi connectivity index (χ1n) is 17.4.